The summed E-state index contributed by atoms with van der Waals surface area (Å²) in [6.07, 6.45) is 7.30. The van der Waals surface area contributed by atoms with Gasteiger partial charge in [-0.25, -0.2) is 0 Å². The molecular weight excluding hydrogens is 328 g/mol. The summed E-state index contributed by atoms with van der Waals surface area (Å²) in [4.78, 5) is 18.8. The largest absolute Gasteiger partial charge is 0.341 e. The lowest BCUT2D eigenvalue weighted by Crippen LogP contribution is -2.30. The van der Waals surface area contributed by atoms with Gasteiger partial charge in [-0.1, -0.05) is 0 Å². The molecule has 0 unspecified atom stereocenters. The molecule has 2 aliphatic heterocycles. The molecule has 2 aromatic rings. The number of nitrogens with zero attached hydrogens (tertiary/aromatic N) is 6. The van der Waals surface area contributed by atoms with Crippen molar-refractivity contribution in [2.24, 2.45) is 0 Å². The molecule has 1 aliphatic carbocycles. The van der Waals surface area contributed by atoms with Crippen LogP contribution in [-0.4, -0.2) is 50.8 Å². The van der Waals surface area contributed by atoms with Gasteiger partial charge < -0.3 is 15.1 Å². The molecule has 3 aliphatic rings. The van der Waals surface area contributed by atoms with E-state index in [4.69, 9.17) is 9.97 Å². The second kappa shape index (κ2) is 6.41. The van der Waals surface area contributed by atoms with E-state index in [0.717, 1.165) is 37.3 Å². The van der Waals surface area contributed by atoms with E-state index in [0.29, 0.717) is 17.9 Å². The fourth-order valence-electron chi connectivity index (χ4n) is 3.95. The van der Waals surface area contributed by atoms with Gasteiger partial charge in [0.15, 0.2) is 5.82 Å². The number of aromatic amines is 1. The molecule has 0 aromatic carbocycles. The standard InChI is InChI=1S/C18H26N8/c1-12-5-4-10-26(12)18-21-16(20-17(22-18)25-8-2-3-9-25)19-15-11-14(23-24-15)13-6-7-13/h11-13H,2-10H2,1H3,(H2,19,20,21,22,23,24)/t12-/m0/s1. The van der Waals surface area contributed by atoms with Crippen molar-refractivity contribution in [2.45, 2.75) is 57.4 Å². The molecule has 1 saturated carbocycles. The summed E-state index contributed by atoms with van der Waals surface area (Å²) in [6, 6.07) is 2.55. The van der Waals surface area contributed by atoms with E-state index in [9.17, 15) is 0 Å². The molecule has 8 nitrogen and oxygen atoms in total. The first-order chi connectivity index (χ1) is 12.8. The highest BCUT2D eigenvalue weighted by molar-refractivity contribution is 5.54. The summed E-state index contributed by atoms with van der Waals surface area (Å²) in [6.45, 7) is 5.30. The van der Waals surface area contributed by atoms with Gasteiger partial charge in [0.25, 0.3) is 0 Å². The van der Waals surface area contributed by atoms with Crippen LogP contribution in [0.15, 0.2) is 6.07 Å². The van der Waals surface area contributed by atoms with E-state index in [1.807, 2.05) is 0 Å². The third-order valence-electron chi connectivity index (χ3n) is 5.67. The van der Waals surface area contributed by atoms with Gasteiger partial charge in [-0.3, -0.25) is 5.10 Å². The molecule has 26 heavy (non-hydrogen) atoms. The molecule has 5 rings (SSSR count). The van der Waals surface area contributed by atoms with Crippen LogP contribution in [0, 0.1) is 0 Å². The highest BCUT2D eigenvalue weighted by Crippen LogP contribution is 2.39. The van der Waals surface area contributed by atoms with E-state index < -0.39 is 0 Å². The monoisotopic (exact) mass is 354 g/mol. The molecule has 0 bridgehead atoms. The molecule has 2 N–H and O–H groups in total. The third kappa shape index (κ3) is 3.08. The molecule has 4 heterocycles. The fourth-order valence-corrected chi connectivity index (χ4v) is 3.95. The molecular formula is C18H26N8. The van der Waals surface area contributed by atoms with Gasteiger partial charge in [0, 0.05) is 43.4 Å². The molecule has 1 atom stereocenters. The van der Waals surface area contributed by atoms with Crippen LogP contribution in [-0.2, 0) is 0 Å². The fraction of sp³-hybridized carbons (Fsp3) is 0.667. The van der Waals surface area contributed by atoms with Gasteiger partial charge in [-0.05, 0) is 45.4 Å². The van der Waals surface area contributed by atoms with Gasteiger partial charge >= 0.3 is 0 Å². The van der Waals surface area contributed by atoms with Gasteiger partial charge in [-0.15, -0.1) is 0 Å². The molecule has 2 aromatic heterocycles. The van der Waals surface area contributed by atoms with Crippen molar-refractivity contribution in [3.63, 3.8) is 0 Å². The van der Waals surface area contributed by atoms with Gasteiger partial charge in [0.1, 0.15) is 0 Å². The first kappa shape index (κ1) is 15.8. The molecule has 3 fully saturated rings. The Balaban J connectivity index is 1.44. The minimum Gasteiger partial charge on any atom is -0.341 e. The van der Waals surface area contributed by atoms with Crippen LogP contribution < -0.4 is 15.1 Å². The van der Waals surface area contributed by atoms with Gasteiger partial charge in [0.05, 0.1) is 0 Å². The number of rotatable bonds is 5. The number of aromatic nitrogens is 5. The Morgan fingerprint density at radius 1 is 1.00 bits per heavy atom. The SMILES string of the molecule is C[C@H]1CCCN1c1nc(Nc2cc(C3CC3)[nH]n2)nc(N2CCCC2)n1. The van der Waals surface area contributed by atoms with Crippen molar-refractivity contribution in [1.29, 1.82) is 0 Å². The van der Waals surface area contributed by atoms with E-state index in [1.54, 1.807) is 0 Å². The first-order valence-electron chi connectivity index (χ1n) is 9.86. The van der Waals surface area contributed by atoms with E-state index in [1.165, 1.54) is 44.2 Å². The smallest absolute Gasteiger partial charge is 0.235 e. The Morgan fingerprint density at radius 3 is 2.54 bits per heavy atom. The zero-order chi connectivity index (χ0) is 17.5. The Hall–Kier alpha value is -2.38. The predicted octanol–water partition coefficient (Wildman–Crippen LogP) is 2.80. The van der Waals surface area contributed by atoms with Crippen molar-refractivity contribution < 1.29 is 0 Å². The normalized spacial score (nSPS) is 23.0. The molecule has 138 valence electrons. The highest BCUT2D eigenvalue weighted by Gasteiger charge is 2.27. The summed E-state index contributed by atoms with van der Waals surface area (Å²) in [7, 11) is 0. The zero-order valence-electron chi connectivity index (χ0n) is 15.3. The van der Waals surface area contributed by atoms with Crippen molar-refractivity contribution in [1.82, 2.24) is 25.1 Å². The molecule has 0 radical (unpaired) electrons. The second-order valence-electron chi connectivity index (χ2n) is 7.75. The Kier molecular flexibility index (Phi) is 3.90. The van der Waals surface area contributed by atoms with Crippen LogP contribution >= 0.6 is 0 Å². The van der Waals surface area contributed by atoms with Crippen LogP contribution in [0.3, 0.4) is 0 Å². The second-order valence-corrected chi connectivity index (χ2v) is 7.75. The molecule has 2 saturated heterocycles. The maximum absolute atomic E-state index is 4.79. The van der Waals surface area contributed by atoms with Crippen molar-refractivity contribution in [2.75, 3.05) is 34.8 Å². The number of hydrogen-bond acceptors (Lipinski definition) is 7. The van der Waals surface area contributed by atoms with Crippen LogP contribution in [0.2, 0.25) is 0 Å². The van der Waals surface area contributed by atoms with Crippen molar-refractivity contribution in [3.8, 4) is 0 Å². The van der Waals surface area contributed by atoms with Crippen molar-refractivity contribution in [3.05, 3.63) is 11.8 Å². The predicted molar refractivity (Wildman–Crippen MR) is 101 cm³/mol. The van der Waals surface area contributed by atoms with Crippen molar-refractivity contribution >= 4 is 23.7 Å². The van der Waals surface area contributed by atoms with Crippen LogP contribution in [0.1, 0.15) is 57.1 Å². The molecule has 8 heteroatoms. The lowest BCUT2D eigenvalue weighted by Gasteiger charge is -2.24. The van der Waals surface area contributed by atoms with E-state index in [2.05, 4.69) is 43.3 Å². The Bertz CT molecular complexity index is 777. The lowest BCUT2D eigenvalue weighted by atomic mass is 10.2. The number of H-pyrrole nitrogens is 1. The lowest BCUT2D eigenvalue weighted by molar-refractivity contribution is 0.712. The maximum atomic E-state index is 4.79. The minimum atomic E-state index is 0.475. The zero-order valence-corrected chi connectivity index (χ0v) is 15.3. The first-order valence-corrected chi connectivity index (χ1v) is 9.86. The summed E-state index contributed by atoms with van der Waals surface area (Å²) in [5.41, 5.74) is 1.20. The van der Waals surface area contributed by atoms with Gasteiger partial charge in [0.2, 0.25) is 17.8 Å². The van der Waals surface area contributed by atoms with Gasteiger partial charge in [-0.2, -0.15) is 20.1 Å². The van der Waals surface area contributed by atoms with Crippen LogP contribution in [0.25, 0.3) is 0 Å². The Morgan fingerprint density at radius 2 is 1.81 bits per heavy atom. The average molecular weight is 354 g/mol. The van der Waals surface area contributed by atoms with E-state index >= 15 is 0 Å². The highest BCUT2D eigenvalue weighted by atomic mass is 15.4. The minimum absolute atomic E-state index is 0.475. The number of anilines is 4. The molecule has 0 amide bonds. The number of hydrogen-bond donors (Lipinski definition) is 2. The van der Waals surface area contributed by atoms with Crippen LogP contribution in [0.4, 0.5) is 23.7 Å². The number of nitrogens with one attached hydrogen (secondary N) is 2. The average Bonchev–Trinajstić information content (AvgIpc) is 3.05. The molecule has 0 spiro atoms. The third-order valence-corrected chi connectivity index (χ3v) is 5.67. The quantitative estimate of drug-likeness (QED) is 0.854. The topological polar surface area (TPSA) is 85.9 Å². The summed E-state index contributed by atoms with van der Waals surface area (Å²) >= 11 is 0. The summed E-state index contributed by atoms with van der Waals surface area (Å²) < 4.78 is 0. The summed E-state index contributed by atoms with van der Waals surface area (Å²) in [5.74, 6) is 3.59. The van der Waals surface area contributed by atoms with E-state index in [-0.39, 0.29) is 0 Å². The Labute approximate surface area is 153 Å². The maximum Gasteiger partial charge on any atom is 0.235 e. The summed E-state index contributed by atoms with van der Waals surface area (Å²) in [5, 5.41) is 10.8. The van der Waals surface area contributed by atoms with Crippen LogP contribution in [0.5, 0.6) is 0 Å².